The predicted octanol–water partition coefficient (Wildman–Crippen LogP) is 0.213. The van der Waals surface area contributed by atoms with E-state index in [2.05, 4.69) is 33.8 Å². The van der Waals surface area contributed by atoms with Gasteiger partial charge in [-0.15, -0.1) is 0 Å². The van der Waals surface area contributed by atoms with Gasteiger partial charge in [-0.1, -0.05) is 39.3 Å². The molecule has 5 saturated heterocycles. The van der Waals surface area contributed by atoms with Gasteiger partial charge in [-0.05, 0) is 87.9 Å². The molecule has 6 unspecified atom stereocenters. The van der Waals surface area contributed by atoms with E-state index in [0.29, 0.717) is 43.6 Å². The fourth-order valence-corrected chi connectivity index (χ4v) is 13.9. The zero-order valence-electron chi connectivity index (χ0n) is 36.8. The van der Waals surface area contributed by atoms with Gasteiger partial charge in [0.15, 0.2) is 24.7 Å². The van der Waals surface area contributed by atoms with E-state index >= 15 is 0 Å². The minimum atomic E-state index is -1.73. The standard InChI is InChI=1S/C45H72O17/c1-18-9-12-45(55-17-18)19(2)30-27(62-45)14-26-24-8-7-22-13-23(10-11-43(22,5)25(24)15-29(47)44(26,30)6)58-42-39(61-41-36(53)34(51)32(49)21(4)57-41)37(54)38(28(16-46)59-42)60-40-35(52)33(50)31(48)20(3)56-40/h7,18-21,23-42,46-54H,8-17H2,1-6H3/t18-,19+,20+,21+,23+,24?,25?,26?,27?,28-,29-,30?,31+,32+,33-,34-,35-,36-,37+,38-,39-,40-,41-,42-,43+,44-,45?/m1/s1. The van der Waals surface area contributed by atoms with Crippen molar-refractivity contribution >= 4 is 0 Å². The highest BCUT2D eigenvalue weighted by Gasteiger charge is 2.71. The second-order valence-electron chi connectivity index (χ2n) is 21.1. The molecule has 0 amide bonds. The highest BCUT2D eigenvalue weighted by atomic mass is 16.8. The van der Waals surface area contributed by atoms with Crippen LogP contribution in [0.5, 0.6) is 0 Å². The van der Waals surface area contributed by atoms with Crippen LogP contribution in [-0.4, -0.2) is 175 Å². The second kappa shape index (κ2) is 17.0. The molecule has 8 fully saturated rings. The summed E-state index contributed by atoms with van der Waals surface area (Å²) in [7, 11) is 0. The van der Waals surface area contributed by atoms with Gasteiger partial charge in [0.1, 0.15) is 61.0 Å². The lowest BCUT2D eigenvalue weighted by Crippen LogP contribution is -2.66. The predicted molar refractivity (Wildman–Crippen MR) is 214 cm³/mol. The molecule has 27 atom stereocenters. The van der Waals surface area contributed by atoms with Crippen molar-refractivity contribution in [2.45, 2.75) is 209 Å². The molecule has 5 aliphatic heterocycles. The molecule has 5 heterocycles. The van der Waals surface area contributed by atoms with Crippen LogP contribution in [0.25, 0.3) is 0 Å². The molecule has 3 saturated carbocycles. The monoisotopic (exact) mass is 884 g/mol. The van der Waals surface area contributed by atoms with Crippen molar-refractivity contribution < 1.29 is 83.9 Å². The smallest absolute Gasteiger partial charge is 0.187 e. The first-order valence-corrected chi connectivity index (χ1v) is 23.3. The molecule has 0 radical (unpaired) electrons. The van der Waals surface area contributed by atoms with Crippen LogP contribution in [0, 0.1) is 46.3 Å². The van der Waals surface area contributed by atoms with Gasteiger partial charge in [-0.25, -0.2) is 0 Å². The second-order valence-corrected chi connectivity index (χ2v) is 21.1. The zero-order chi connectivity index (χ0) is 44.4. The summed E-state index contributed by atoms with van der Waals surface area (Å²) in [6, 6.07) is 0. The average Bonchev–Trinajstić information content (AvgIpc) is 3.70. The fourth-order valence-electron chi connectivity index (χ4n) is 13.9. The van der Waals surface area contributed by atoms with Crippen molar-refractivity contribution in [3.63, 3.8) is 0 Å². The maximum absolute atomic E-state index is 12.3. The molecule has 354 valence electrons. The third kappa shape index (κ3) is 7.31. The van der Waals surface area contributed by atoms with E-state index in [0.717, 1.165) is 32.1 Å². The summed E-state index contributed by atoms with van der Waals surface area (Å²) in [6.07, 6.45) is -13.9. The first-order chi connectivity index (χ1) is 29.3. The molecule has 9 aliphatic rings. The van der Waals surface area contributed by atoms with Gasteiger partial charge in [0.25, 0.3) is 0 Å². The van der Waals surface area contributed by atoms with Gasteiger partial charge in [-0.2, -0.15) is 0 Å². The number of ether oxygens (including phenoxy) is 8. The quantitative estimate of drug-likeness (QED) is 0.155. The molecular weight excluding hydrogens is 812 g/mol. The summed E-state index contributed by atoms with van der Waals surface area (Å²) in [4.78, 5) is 0. The largest absolute Gasteiger partial charge is 0.394 e. The molecule has 0 aromatic rings. The van der Waals surface area contributed by atoms with Gasteiger partial charge in [0, 0.05) is 23.7 Å². The third-order valence-electron chi connectivity index (χ3n) is 17.8. The van der Waals surface area contributed by atoms with E-state index < -0.39 is 117 Å². The Morgan fingerprint density at radius 1 is 0.694 bits per heavy atom. The van der Waals surface area contributed by atoms with Crippen molar-refractivity contribution in [1.29, 1.82) is 0 Å². The number of fused-ring (bicyclic) bond motifs is 7. The molecular formula is C45H72O17. The van der Waals surface area contributed by atoms with Gasteiger partial charge < -0.3 is 83.9 Å². The van der Waals surface area contributed by atoms with Gasteiger partial charge in [0.2, 0.25) is 0 Å². The van der Waals surface area contributed by atoms with Crippen LogP contribution in [0.3, 0.4) is 0 Å². The van der Waals surface area contributed by atoms with E-state index in [1.165, 1.54) is 19.4 Å². The van der Waals surface area contributed by atoms with E-state index in [9.17, 15) is 46.0 Å². The van der Waals surface area contributed by atoms with Crippen LogP contribution in [0.15, 0.2) is 11.6 Å². The average molecular weight is 885 g/mol. The van der Waals surface area contributed by atoms with E-state index in [4.69, 9.17) is 37.9 Å². The van der Waals surface area contributed by atoms with Crippen LogP contribution < -0.4 is 0 Å². The van der Waals surface area contributed by atoms with E-state index in [-0.39, 0.29) is 34.7 Å². The van der Waals surface area contributed by atoms with Crippen molar-refractivity contribution in [2.24, 2.45) is 46.3 Å². The van der Waals surface area contributed by atoms with Crippen LogP contribution in [0.4, 0.5) is 0 Å². The van der Waals surface area contributed by atoms with Crippen molar-refractivity contribution in [1.82, 2.24) is 0 Å². The van der Waals surface area contributed by atoms with Gasteiger partial charge in [0.05, 0.1) is 43.7 Å². The normalized spacial score (nSPS) is 58.9. The molecule has 0 bridgehead atoms. The number of hydrogen-bond acceptors (Lipinski definition) is 17. The summed E-state index contributed by atoms with van der Waals surface area (Å²) in [5.41, 5.74) is 0.753. The van der Waals surface area contributed by atoms with Crippen molar-refractivity contribution in [3.8, 4) is 0 Å². The number of aliphatic hydroxyl groups is 9. The minimum Gasteiger partial charge on any atom is -0.394 e. The Morgan fingerprint density at radius 2 is 1.34 bits per heavy atom. The fraction of sp³-hybridized carbons (Fsp3) is 0.956. The highest BCUT2D eigenvalue weighted by molar-refractivity contribution is 5.27. The van der Waals surface area contributed by atoms with Gasteiger partial charge >= 0.3 is 0 Å². The Morgan fingerprint density at radius 3 is 1.95 bits per heavy atom. The lowest BCUT2D eigenvalue weighted by Gasteiger charge is -2.60. The Bertz CT molecular complexity index is 1630. The maximum Gasteiger partial charge on any atom is 0.187 e. The highest BCUT2D eigenvalue weighted by Crippen LogP contribution is 2.70. The number of rotatable bonds is 7. The summed E-state index contributed by atoms with van der Waals surface area (Å²) < 4.78 is 49.9. The molecule has 17 nitrogen and oxygen atoms in total. The topological polar surface area (TPSA) is 256 Å². The lowest BCUT2D eigenvalue weighted by atomic mass is 9.46. The molecule has 0 aromatic carbocycles. The Kier molecular flexibility index (Phi) is 12.7. The molecule has 9 rings (SSSR count). The van der Waals surface area contributed by atoms with Crippen LogP contribution in [0.1, 0.15) is 92.9 Å². The SMILES string of the molecule is C[C@@H]1CCC2(OC1)OC1CC3C4CC=C5C[C@@H](O[C@@H]6O[C@H](CO)[C@@H](O[C@H]7O[C@@H](C)[C@H](O)[C@@H](O)[C@H]7O)[C@H](O)[C@H]6O[C@H]6O[C@@H](C)[C@H](O)[C@@H](O)[C@H]6O)CC[C@]5(C)C4C[C@@H](O)[C@]3(C)C1[C@@H]2C. The van der Waals surface area contributed by atoms with Crippen molar-refractivity contribution in [3.05, 3.63) is 11.6 Å². The lowest BCUT2D eigenvalue weighted by molar-refractivity contribution is -0.388. The van der Waals surface area contributed by atoms with Gasteiger partial charge in [-0.3, -0.25) is 0 Å². The van der Waals surface area contributed by atoms with Crippen molar-refractivity contribution in [2.75, 3.05) is 13.2 Å². The Balaban J connectivity index is 0.927. The van der Waals surface area contributed by atoms with E-state index in [1.54, 1.807) is 0 Å². The summed E-state index contributed by atoms with van der Waals surface area (Å²) >= 11 is 0. The molecule has 9 N–H and O–H groups in total. The Hall–Kier alpha value is -0.940. The number of hydrogen-bond donors (Lipinski definition) is 9. The molecule has 62 heavy (non-hydrogen) atoms. The maximum atomic E-state index is 12.3. The first-order valence-electron chi connectivity index (χ1n) is 23.3. The Labute approximate surface area is 363 Å². The molecule has 1 spiro atoms. The molecule has 0 aromatic heterocycles. The van der Waals surface area contributed by atoms with Crippen LogP contribution >= 0.6 is 0 Å². The summed E-state index contributed by atoms with van der Waals surface area (Å²) in [6.45, 7) is 12.1. The van der Waals surface area contributed by atoms with E-state index in [1.807, 2.05) is 0 Å². The molecule has 4 aliphatic carbocycles. The number of aliphatic hydroxyl groups excluding tert-OH is 9. The first kappa shape index (κ1) is 46.2. The van der Waals surface area contributed by atoms with Crippen LogP contribution in [0.2, 0.25) is 0 Å². The zero-order valence-corrected chi connectivity index (χ0v) is 36.8. The third-order valence-corrected chi connectivity index (χ3v) is 17.8. The summed E-state index contributed by atoms with van der Waals surface area (Å²) in [5.74, 6) is 1.29. The van der Waals surface area contributed by atoms with Crippen LogP contribution in [-0.2, 0) is 37.9 Å². The minimum absolute atomic E-state index is 0.0536. The number of allylic oxidation sites excluding steroid dienone is 1. The molecule has 17 heteroatoms. The summed E-state index contributed by atoms with van der Waals surface area (Å²) in [5, 5.41) is 98.2.